The Labute approximate surface area is 342 Å². The van der Waals surface area contributed by atoms with Gasteiger partial charge in [0.25, 0.3) is 23.3 Å². The quantitative estimate of drug-likeness (QED) is 0.198. The maximum atomic E-state index is 16.4. The maximum Gasteiger partial charge on any atom is 0.293 e. The van der Waals surface area contributed by atoms with Crippen LogP contribution in [0.15, 0.2) is 53.5 Å². The van der Waals surface area contributed by atoms with Crippen LogP contribution in [0.1, 0.15) is 46.4 Å². The van der Waals surface area contributed by atoms with Crippen LogP contribution < -0.4 is 36.0 Å². The van der Waals surface area contributed by atoms with Gasteiger partial charge in [-0.15, -0.1) is 0 Å². The van der Waals surface area contributed by atoms with Crippen molar-refractivity contribution in [2.45, 2.75) is 37.4 Å². The standard InChI is InChI=1S/C40H42ClFN10O7/c1-43-33(54)21-59-31-18-23-17-24(3-6-29(23)48(2)38(31)58)45-34-28(41)20-44-39(47-34)51-11-9-40(42,10-12-51)22-49-13-15-50(16-14-49)25-4-5-26-27(19-25)37(57)52(36(26)56)30-7-8-32(53)46-35(30)55/h3-6,17-20,30H,7-16,21-22H2,1-2H3,(H,43,54)(H,44,45,47)(H,46,53,55). The zero-order valence-corrected chi connectivity index (χ0v) is 33.2. The molecule has 19 heteroatoms. The van der Waals surface area contributed by atoms with Gasteiger partial charge < -0.3 is 29.7 Å². The lowest BCUT2D eigenvalue weighted by Gasteiger charge is -2.42. The van der Waals surface area contributed by atoms with Crippen molar-refractivity contribution in [2.75, 3.05) is 74.6 Å². The molecule has 1 unspecified atom stereocenters. The molecule has 0 radical (unpaired) electrons. The largest absolute Gasteiger partial charge is 0.478 e. The van der Waals surface area contributed by atoms with Gasteiger partial charge in [-0.25, -0.2) is 9.37 Å². The molecular weight excluding hydrogens is 787 g/mol. The molecule has 4 aromatic rings. The number of amides is 5. The van der Waals surface area contributed by atoms with Crippen LogP contribution in [0.3, 0.4) is 0 Å². The van der Waals surface area contributed by atoms with Gasteiger partial charge >= 0.3 is 0 Å². The van der Waals surface area contributed by atoms with Crippen molar-refractivity contribution in [1.82, 2.24) is 35.0 Å². The number of ether oxygens (including phenoxy) is 1. The minimum Gasteiger partial charge on any atom is -0.478 e. The molecule has 6 heterocycles. The number of piperazine rings is 1. The number of carbonyl (C=O) groups is 5. The average molecular weight is 829 g/mol. The van der Waals surface area contributed by atoms with Gasteiger partial charge in [0.1, 0.15) is 16.7 Å². The van der Waals surface area contributed by atoms with Crippen LogP contribution in [-0.2, 0) is 21.4 Å². The number of nitrogens with one attached hydrogen (secondary N) is 3. The third kappa shape index (κ3) is 7.89. The van der Waals surface area contributed by atoms with E-state index in [1.807, 2.05) is 11.0 Å². The zero-order chi connectivity index (χ0) is 41.6. The fraction of sp³-hybridized carbons (Fsp3) is 0.400. The number of fused-ring (bicyclic) bond motifs is 2. The first kappa shape index (κ1) is 39.7. The van der Waals surface area contributed by atoms with Crippen LogP contribution in [0.5, 0.6) is 5.75 Å². The van der Waals surface area contributed by atoms with Crippen LogP contribution in [0, 0.1) is 0 Å². The molecule has 8 rings (SSSR count). The molecule has 4 aliphatic rings. The summed E-state index contributed by atoms with van der Waals surface area (Å²) in [5.74, 6) is -1.73. The number of benzene rings is 2. The van der Waals surface area contributed by atoms with E-state index in [9.17, 15) is 28.8 Å². The van der Waals surface area contributed by atoms with Crippen molar-refractivity contribution in [3.05, 3.63) is 75.2 Å². The number of piperidine rings is 2. The lowest BCUT2D eigenvalue weighted by Crippen LogP contribution is -2.54. The second-order valence-electron chi connectivity index (χ2n) is 15.2. The number of rotatable bonds is 10. The number of pyridine rings is 1. The Balaban J connectivity index is 0.859. The number of nitrogens with zero attached hydrogens (tertiary/aromatic N) is 7. The zero-order valence-electron chi connectivity index (χ0n) is 32.4. The number of aryl methyl sites for hydroxylation is 1. The Bertz CT molecular complexity index is 2450. The Morgan fingerprint density at radius 3 is 2.44 bits per heavy atom. The molecule has 308 valence electrons. The highest BCUT2D eigenvalue weighted by atomic mass is 35.5. The van der Waals surface area contributed by atoms with E-state index >= 15 is 4.39 Å². The Hall–Kier alpha value is -6.14. The van der Waals surface area contributed by atoms with Crippen molar-refractivity contribution < 1.29 is 33.1 Å². The number of anilines is 4. The van der Waals surface area contributed by atoms with E-state index in [0.29, 0.717) is 67.6 Å². The fourth-order valence-electron chi connectivity index (χ4n) is 8.07. The lowest BCUT2D eigenvalue weighted by molar-refractivity contribution is -0.136. The Morgan fingerprint density at radius 1 is 0.966 bits per heavy atom. The van der Waals surface area contributed by atoms with Gasteiger partial charge in [-0.3, -0.25) is 43.9 Å². The molecule has 2 aromatic heterocycles. The highest BCUT2D eigenvalue weighted by Gasteiger charge is 2.45. The molecule has 0 bridgehead atoms. The second kappa shape index (κ2) is 15.9. The predicted octanol–water partition coefficient (Wildman–Crippen LogP) is 2.38. The summed E-state index contributed by atoms with van der Waals surface area (Å²) >= 11 is 6.51. The predicted molar refractivity (Wildman–Crippen MR) is 216 cm³/mol. The van der Waals surface area contributed by atoms with E-state index in [2.05, 4.69) is 35.7 Å². The van der Waals surface area contributed by atoms with Gasteiger partial charge in [-0.05, 0) is 48.9 Å². The first-order valence-corrected chi connectivity index (χ1v) is 19.7. The summed E-state index contributed by atoms with van der Waals surface area (Å²) in [6, 6.07) is 11.0. The maximum absolute atomic E-state index is 16.4. The van der Waals surface area contributed by atoms with Crippen molar-refractivity contribution >= 4 is 75.2 Å². The number of hydrogen-bond donors (Lipinski definition) is 3. The molecule has 59 heavy (non-hydrogen) atoms. The van der Waals surface area contributed by atoms with Gasteiger partial charge in [-0.2, -0.15) is 4.98 Å². The second-order valence-corrected chi connectivity index (χ2v) is 15.6. The first-order valence-electron chi connectivity index (χ1n) is 19.3. The van der Waals surface area contributed by atoms with Crippen molar-refractivity contribution in [1.29, 1.82) is 0 Å². The molecule has 0 aliphatic carbocycles. The van der Waals surface area contributed by atoms with Crippen molar-refractivity contribution in [2.24, 2.45) is 7.05 Å². The summed E-state index contributed by atoms with van der Waals surface area (Å²) < 4.78 is 23.3. The Morgan fingerprint density at radius 2 is 1.71 bits per heavy atom. The van der Waals surface area contributed by atoms with Gasteiger partial charge in [-0.1, -0.05) is 11.6 Å². The summed E-state index contributed by atoms with van der Waals surface area (Å²) in [7, 11) is 3.11. The molecule has 2 aromatic carbocycles. The minimum absolute atomic E-state index is 0.0376. The first-order chi connectivity index (χ1) is 28.3. The minimum atomic E-state index is -1.42. The summed E-state index contributed by atoms with van der Waals surface area (Å²) in [5, 5.41) is 8.87. The van der Waals surface area contributed by atoms with Crippen LogP contribution in [0.4, 0.5) is 27.5 Å². The third-order valence-electron chi connectivity index (χ3n) is 11.4. The molecule has 3 N–H and O–H groups in total. The fourth-order valence-corrected chi connectivity index (χ4v) is 8.21. The lowest BCUT2D eigenvalue weighted by atomic mass is 9.92. The van der Waals surface area contributed by atoms with Crippen LogP contribution in [0.25, 0.3) is 10.9 Å². The van der Waals surface area contributed by atoms with E-state index in [0.717, 1.165) is 10.6 Å². The number of hydrogen-bond acceptors (Lipinski definition) is 13. The van der Waals surface area contributed by atoms with Crippen molar-refractivity contribution in [3.8, 4) is 5.75 Å². The number of alkyl halides is 1. The monoisotopic (exact) mass is 828 g/mol. The van der Waals surface area contributed by atoms with Gasteiger partial charge in [0, 0.05) is 95.9 Å². The number of imide groups is 2. The molecule has 17 nitrogen and oxygen atoms in total. The van der Waals surface area contributed by atoms with E-state index in [4.69, 9.17) is 16.3 Å². The molecule has 1 atom stereocenters. The Kier molecular flexibility index (Phi) is 10.7. The topological polar surface area (TPSA) is 191 Å². The SMILES string of the molecule is CNC(=O)COc1cc2cc(Nc3nc(N4CCC(F)(CN5CCN(c6ccc7c(c6)C(=O)N(C6CCC(=O)NC6=O)C7=O)CC5)CC4)ncc3Cl)ccc2n(C)c1=O. The molecule has 0 saturated carbocycles. The van der Waals surface area contributed by atoms with Crippen molar-refractivity contribution in [3.63, 3.8) is 0 Å². The highest BCUT2D eigenvalue weighted by Crippen LogP contribution is 2.34. The molecular formula is C40H42ClFN10O7. The summed E-state index contributed by atoms with van der Waals surface area (Å²) in [6.45, 7) is 3.17. The molecule has 3 fully saturated rings. The summed E-state index contributed by atoms with van der Waals surface area (Å²) in [5.41, 5.74) is 0.723. The normalized spacial score (nSPS) is 19.5. The average Bonchev–Trinajstić information content (AvgIpc) is 3.47. The van der Waals surface area contributed by atoms with E-state index in [-0.39, 0.29) is 72.2 Å². The molecule has 3 saturated heterocycles. The number of likely N-dealkylation sites (N-methyl/N-ethyl adjacent to an activating group) is 1. The van der Waals surface area contributed by atoms with Gasteiger partial charge in [0.2, 0.25) is 17.8 Å². The summed E-state index contributed by atoms with van der Waals surface area (Å²) in [6.07, 6.45) is 2.20. The molecule has 0 spiro atoms. The van der Waals surface area contributed by atoms with Gasteiger partial charge in [0.15, 0.2) is 18.2 Å². The van der Waals surface area contributed by atoms with E-state index in [1.165, 1.54) is 17.8 Å². The smallest absolute Gasteiger partial charge is 0.293 e. The van der Waals surface area contributed by atoms with Crippen LogP contribution >= 0.6 is 11.6 Å². The van der Waals surface area contributed by atoms with E-state index < -0.39 is 35.3 Å². The van der Waals surface area contributed by atoms with Gasteiger partial charge in [0.05, 0.1) is 22.8 Å². The van der Waals surface area contributed by atoms with E-state index in [1.54, 1.807) is 43.4 Å². The van der Waals surface area contributed by atoms with Crippen LogP contribution in [-0.4, -0.2) is 125 Å². The summed E-state index contributed by atoms with van der Waals surface area (Å²) in [4.78, 5) is 91.2. The number of halogens is 2. The number of aromatic nitrogens is 3. The third-order valence-corrected chi connectivity index (χ3v) is 11.7. The van der Waals surface area contributed by atoms with Crippen LogP contribution in [0.2, 0.25) is 5.02 Å². The highest BCUT2D eigenvalue weighted by molar-refractivity contribution is 6.33. The molecule has 5 amide bonds. The number of carbonyl (C=O) groups excluding carboxylic acids is 5. The molecule has 4 aliphatic heterocycles.